The third-order valence-electron chi connectivity index (χ3n) is 3.04. The van der Waals surface area contributed by atoms with Crippen LogP contribution >= 0.6 is 0 Å². The summed E-state index contributed by atoms with van der Waals surface area (Å²) in [5.74, 6) is -0.754. The second-order valence-electron chi connectivity index (χ2n) is 4.11. The van der Waals surface area contributed by atoms with Crippen LogP contribution in [0.2, 0.25) is 0 Å². The molecule has 1 atom stereocenters. The van der Waals surface area contributed by atoms with E-state index in [1.165, 1.54) is 0 Å². The van der Waals surface area contributed by atoms with E-state index in [1.807, 2.05) is 37.3 Å². The van der Waals surface area contributed by atoms with Gasteiger partial charge >= 0.3 is 5.97 Å². The van der Waals surface area contributed by atoms with Crippen molar-refractivity contribution in [1.29, 1.82) is 0 Å². The van der Waals surface area contributed by atoms with E-state index in [-0.39, 0.29) is 5.92 Å². The van der Waals surface area contributed by atoms with Crippen molar-refractivity contribution < 1.29 is 14.6 Å². The van der Waals surface area contributed by atoms with Gasteiger partial charge in [-0.15, -0.1) is 0 Å². The lowest BCUT2D eigenvalue weighted by atomic mass is 9.88. The summed E-state index contributed by atoms with van der Waals surface area (Å²) >= 11 is 0. The predicted molar refractivity (Wildman–Crippen MR) is 60.1 cm³/mol. The number of hydrogen-bond acceptors (Lipinski definition) is 2. The number of ether oxygens (including phenoxy) is 1. The average molecular weight is 220 g/mol. The van der Waals surface area contributed by atoms with Crippen LogP contribution in [-0.4, -0.2) is 17.7 Å². The Bertz CT molecular complexity index is 370. The lowest BCUT2D eigenvalue weighted by molar-refractivity contribution is -0.171. The molecule has 1 aliphatic carbocycles. The van der Waals surface area contributed by atoms with Crippen molar-refractivity contribution >= 4 is 5.97 Å². The highest BCUT2D eigenvalue weighted by atomic mass is 16.5. The fourth-order valence-corrected chi connectivity index (χ4v) is 2.20. The summed E-state index contributed by atoms with van der Waals surface area (Å²) in [7, 11) is 0. The van der Waals surface area contributed by atoms with Crippen molar-refractivity contribution in [3.05, 3.63) is 35.9 Å². The molecule has 1 saturated carbocycles. The number of hydrogen-bond donors (Lipinski definition) is 1. The van der Waals surface area contributed by atoms with E-state index in [2.05, 4.69) is 0 Å². The zero-order valence-corrected chi connectivity index (χ0v) is 9.35. The smallest absolute Gasteiger partial charge is 0.340 e. The molecule has 16 heavy (non-hydrogen) atoms. The lowest BCUT2D eigenvalue weighted by Crippen LogP contribution is -2.41. The maximum Gasteiger partial charge on any atom is 0.340 e. The Morgan fingerprint density at radius 1 is 1.44 bits per heavy atom. The fourth-order valence-electron chi connectivity index (χ4n) is 2.20. The quantitative estimate of drug-likeness (QED) is 0.828. The molecule has 0 aliphatic heterocycles. The van der Waals surface area contributed by atoms with Gasteiger partial charge < -0.3 is 9.84 Å². The van der Waals surface area contributed by atoms with Gasteiger partial charge in [-0.3, -0.25) is 0 Å². The summed E-state index contributed by atoms with van der Waals surface area (Å²) in [6, 6.07) is 9.27. The van der Waals surface area contributed by atoms with Crippen LogP contribution in [0.1, 0.15) is 25.3 Å². The minimum atomic E-state index is -1.13. The van der Waals surface area contributed by atoms with Crippen LogP contribution < -0.4 is 0 Å². The summed E-state index contributed by atoms with van der Waals surface area (Å²) < 4.78 is 5.60. The van der Waals surface area contributed by atoms with Gasteiger partial charge in [0.05, 0.1) is 0 Å². The number of benzene rings is 1. The van der Waals surface area contributed by atoms with Crippen molar-refractivity contribution in [2.45, 2.75) is 25.4 Å². The van der Waals surface area contributed by atoms with Crippen LogP contribution in [0.5, 0.6) is 0 Å². The summed E-state index contributed by atoms with van der Waals surface area (Å²) in [6.07, 6.45) is 1.86. The van der Waals surface area contributed by atoms with Gasteiger partial charge in [0.1, 0.15) is 0 Å². The highest BCUT2D eigenvalue weighted by Gasteiger charge is 2.53. The first-order valence-electron chi connectivity index (χ1n) is 5.64. The molecule has 0 spiro atoms. The summed E-state index contributed by atoms with van der Waals surface area (Å²) in [4.78, 5) is 11.6. The Morgan fingerprint density at radius 2 is 2.06 bits per heavy atom. The third kappa shape index (κ3) is 1.71. The molecule has 0 radical (unpaired) electrons. The molecule has 86 valence electrons. The molecule has 1 fully saturated rings. The lowest BCUT2D eigenvalue weighted by Gasteiger charge is -2.29. The summed E-state index contributed by atoms with van der Waals surface area (Å²) in [5.41, 5.74) is -0.373. The van der Waals surface area contributed by atoms with Crippen molar-refractivity contribution in [2.24, 2.45) is 5.92 Å². The van der Waals surface area contributed by atoms with Crippen molar-refractivity contribution in [2.75, 3.05) is 6.61 Å². The third-order valence-corrected chi connectivity index (χ3v) is 3.04. The SMILES string of the molecule is CCOC(C(=O)O)(c1ccccc1)C1CC1. The van der Waals surface area contributed by atoms with Crippen LogP contribution in [0.25, 0.3) is 0 Å². The first kappa shape index (κ1) is 11.1. The Labute approximate surface area is 95.0 Å². The maximum atomic E-state index is 11.6. The topological polar surface area (TPSA) is 46.5 Å². The maximum absolute atomic E-state index is 11.6. The highest BCUT2D eigenvalue weighted by molar-refractivity contribution is 5.80. The Kier molecular flexibility index (Phi) is 2.97. The van der Waals surface area contributed by atoms with Crippen LogP contribution in [0, 0.1) is 5.92 Å². The predicted octanol–water partition coefficient (Wildman–Crippen LogP) is 2.41. The molecule has 3 nitrogen and oxygen atoms in total. The fraction of sp³-hybridized carbons (Fsp3) is 0.462. The first-order valence-corrected chi connectivity index (χ1v) is 5.64. The van der Waals surface area contributed by atoms with Gasteiger partial charge in [0.2, 0.25) is 0 Å². The Balaban J connectivity index is 2.43. The van der Waals surface area contributed by atoms with Crippen molar-refractivity contribution in [3.63, 3.8) is 0 Å². The van der Waals surface area contributed by atoms with Gasteiger partial charge in [-0.2, -0.15) is 0 Å². The second-order valence-corrected chi connectivity index (χ2v) is 4.11. The molecule has 3 heteroatoms. The average Bonchev–Trinajstić information content (AvgIpc) is 3.11. The van der Waals surface area contributed by atoms with Crippen LogP contribution in [-0.2, 0) is 15.1 Å². The van der Waals surface area contributed by atoms with Gasteiger partial charge in [-0.05, 0) is 25.3 Å². The second kappa shape index (κ2) is 4.26. The van der Waals surface area contributed by atoms with E-state index in [4.69, 9.17) is 4.74 Å². The van der Waals surface area contributed by atoms with Crippen molar-refractivity contribution in [1.82, 2.24) is 0 Å². The molecule has 0 bridgehead atoms. The van der Waals surface area contributed by atoms with Gasteiger partial charge in [0, 0.05) is 12.5 Å². The molecular weight excluding hydrogens is 204 g/mol. The Morgan fingerprint density at radius 3 is 2.50 bits per heavy atom. The number of carbonyl (C=O) groups is 1. The standard InChI is InChI=1S/C13H16O3/c1-2-16-13(12(14)15,11-8-9-11)10-6-4-3-5-7-10/h3-7,11H,2,8-9H2,1H3,(H,14,15). The largest absolute Gasteiger partial charge is 0.479 e. The minimum absolute atomic E-state index is 0.118. The minimum Gasteiger partial charge on any atom is -0.479 e. The van der Waals surface area contributed by atoms with Gasteiger partial charge in [0.15, 0.2) is 5.60 Å². The van der Waals surface area contributed by atoms with E-state index in [9.17, 15) is 9.90 Å². The zero-order valence-electron chi connectivity index (χ0n) is 9.35. The molecule has 1 aromatic rings. The normalized spacial score (nSPS) is 19.1. The van der Waals surface area contributed by atoms with Gasteiger partial charge in [-0.1, -0.05) is 30.3 Å². The van der Waals surface area contributed by atoms with E-state index in [1.54, 1.807) is 0 Å². The highest BCUT2D eigenvalue weighted by Crippen LogP contribution is 2.48. The van der Waals surface area contributed by atoms with E-state index in [0.717, 1.165) is 18.4 Å². The summed E-state index contributed by atoms with van der Waals surface area (Å²) in [5, 5.41) is 9.49. The number of aliphatic carboxylic acids is 1. The molecule has 2 rings (SSSR count). The monoisotopic (exact) mass is 220 g/mol. The molecule has 0 heterocycles. The Hall–Kier alpha value is -1.35. The molecule has 0 saturated heterocycles. The molecule has 0 amide bonds. The van der Waals surface area contributed by atoms with Crippen LogP contribution in [0.3, 0.4) is 0 Å². The van der Waals surface area contributed by atoms with E-state index in [0.29, 0.717) is 6.61 Å². The molecule has 1 unspecified atom stereocenters. The number of rotatable bonds is 5. The molecule has 0 aromatic heterocycles. The van der Waals surface area contributed by atoms with Crippen LogP contribution in [0.15, 0.2) is 30.3 Å². The molecule has 1 aliphatic rings. The molecular formula is C13H16O3. The van der Waals surface area contributed by atoms with Gasteiger partial charge in [-0.25, -0.2) is 4.79 Å². The number of carboxylic acid groups (broad SMARTS) is 1. The number of carboxylic acids is 1. The van der Waals surface area contributed by atoms with E-state index < -0.39 is 11.6 Å². The first-order chi connectivity index (χ1) is 7.71. The van der Waals surface area contributed by atoms with Gasteiger partial charge in [0.25, 0.3) is 0 Å². The zero-order chi connectivity index (χ0) is 11.6. The van der Waals surface area contributed by atoms with Crippen molar-refractivity contribution in [3.8, 4) is 0 Å². The van der Waals surface area contributed by atoms with E-state index >= 15 is 0 Å². The molecule has 1 N–H and O–H groups in total. The molecule has 1 aromatic carbocycles. The van der Waals surface area contributed by atoms with Crippen LogP contribution in [0.4, 0.5) is 0 Å². The summed E-state index contributed by atoms with van der Waals surface area (Å²) in [6.45, 7) is 2.25.